The largest absolute Gasteiger partial charge is 0.393 e. The van der Waals surface area contributed by atoms with Crippen LogP contribution in [0.3, 0.4) is 0 Å². The van der Waals surface area contributed by atoms with E-state index in [2.05, 4.69) is 15.9 Å². The lowest BCUT2D eigenvalue weighted by Gasteiger charge is -2.18. The summed E-state index contributed by atoms with van der Waals surface area (Å²) < 4.78 is 27.2. The molecule has 19 heavy (non-hydrogen) atoms. The molecule has 1 saturated heterocycles. The molecule has 0 aromatic heterocycles. The van der Waals surface area contributed by atoms with E-state index in [1.165, 1.54) is 4.31 Å². The van der Waals surface area contributed by atoms with Crippen molar-refractivity contribution in [3.63, 3.8) is 0 Å². The van der Waals surface area contributed by atoms with Gasteiger partial charge in [0.15, 0.2) is 0 Å². The van der Waals surface area contributed by atoms with Crippen LogP contribution >= 0.6 is 15.9 Å². The molecule has 106 valence electrons. The van der Waals surface area contributed by atoms with Gasteiger partial charge < -0.3 is 5.11 Å². The maximum Gasteiger partial charge on any atom is 0.244 e. The van der Waals surface area contributed by atoms with Crippen molar-refractivity contribution in [2.75, 3.05) is 13.1 Å². The van der Waals surface area contributed by atoms with Gasteiger partial charge in [0.1, 0.15) is 0 Å². The van der Waals surface area contributed by atoms with Gasteiger partial charge in [-0.1, -0.05) is 6.07 Å². The monoisotopic (exact) mass is 347 g/mol. The number of aliphatic hydroxyl groups excluding tert-OH is 1. The molecule has 2 atom stereocenters. The molecule has 0 saturated carbocycles. The smallest absolute Gasteiger partial charge is 0.244 e. The van der Waals surface area contributed by atoms with Crippen molar-refractivity contribution >= 4 is 26.0 Å². The molecule has 1 aliphatic rings. The highest BCUT2D eigenvalue weighted by molar-refractivity contribution is 9.10. The van der Waals surface area contributed by atoms with Crippen LogP contribution in [0.5, 0.6) is 0 Å². The van der Waals surface area contributed by atoms with Crippen molar-refractivity contribution in [3.8, 4) is 0 Å². The normalized spacial score (nSPS) is 22.6. The second-order valence-corrected chi connectivity index (χ2v) is 7.85. The van der Waals surface area contributed by atoms with Crippen molar-refractivity contribution in [2.24, 2.45) is 5.92 Å². The molecule has 0 aliphatic carbocycles. The third kappa shape index (κ3) is 3.02. The molecule has 0 spiro atoms. The van der Waals surface area contributed by atoms with E-state index in [4.69, 9.17) is 0 Å². The molecule has 0 bridgehead atoms. The topological polar surface area (TPSA) is 57.6 Å². The number of aliphatic hydroxyl groups is 1. The molecule has 4 nitrogen and oxygen atoms in total. The second kappa shape index (κ2) is 5.52. The van der Waals surface area contributed by atoms with Crippen molar-refractivity contribution in [2.45, 2.75) is 31.3 Å². The van der Waals surface area contributed by atoms with Gasteiger partial charge >= 0.3 is 0 Å². The third-order valence-corrected chi connectivity index (χ3v) is 6.43. The highest BCUT2D eigenvalue weighted by Crippen LogP contribution is 2.30. The summed E-state index contributed by atoms with van der Waals surface area (Å²) in [6.07, 6.45) is 0.238. The van der Waals surface area contributed by atoms with Crippen LogP contribution in [0, 0.1) is 12.8 Å². The Hall–Kier alpha value is -0.430. The first-order valence-electron chi connectivity index (χ1n) is 6.26. The van der Waals surface area contributed by atoms with Crippen molar-refractivity contribution in [3.05, 3.63) is 28.2 Å². The first-order valence-corrected chi connectivity index (χ1v) is 8.50. The number of rotatable bonds is 3. The minimum Gasteiger partial charge on any atom is -0.393 e. The highest BCUT2D eigenvalue weighted by Gasteiger charge is 2.35. The van der Waals surface area contributed by atoms with E-state index in [-0.39, 0.29) is 5.92 Å². The molecular formula is C13H18BrNO3S. The molecule has 1 aromatic carbocycles. The Bertz CT molecular complexity index is 571. The van der Waals surface area contributed by atoms with Crippen LogP contribution in [0.15, 0.2) is 27.6 Å². The standard InChI is InChI=1S/C13H18BrNO3S/c1-9-3-4-12(14)13(7-9)19(17,18)15-6-5-11(8-15)10(2)16/h3-4,7,10-11,16H,5-6,8H2,1-2H3. The fourth-order valence-corrected chi connectivity index (χ4v) is 4.83. The van der Waals surface area contributed by atoms with E-state index in [1.54, 1.807) is 19.1 Å². The number of nitrogens with zero attached hydrogens (tertiary/aromatic N) is 1. The molecule has 1 fully saturated rings. The van der Waals surface area contributed by atoms with E-state index in [0.29, 0.717) is 28.9 Å². The lowest BCUT2D eigenvalue weighted by molar-refractivity contribution is 0.133. The van der Waals surface area contributed by atoms with Crippen LogP contribution < -0.4 is 0 Å². The summed E-state index contributed by atoms with van der Waals surface area (Å²) in [6, 6.07) is 5.30. The lowest BCUT2D eigenvalue weighted by atomic mass is 10.0. The van der Waals surface area contributed by atoms with E-state index in [1.807, 2.05) is 13.0 Å². The maximum atomic E-state index is 12.6. The Labute approximate surface area is 122 Å². The van der Waals surface area contributed by atoms with Crippen molar-refractivity contribution in [1.29, 1.82) is 0 Å². The van der Waals surface area contributed by atoms with E-state index >= 15 is 0 Å². The van der Waals surface area contributed by atoms with Crippen LogP contribution in [-0.2, 0) is 10.0 Å². The first-order chi connectivity index (χ1) is 8.82. The molecule has 2 unspecified atom stereocenters. The second-order valence-electron chi connectivity index (χ2n) is 5.09. The summed E-state index contributed by atoms with van der Waals surface area (Å²) in [4.78, 5) is 0.304. The number of benzene rings is 1. The summed E-state index contributed by atoms with van der Waals surface area (Å²) in [5.74, 6) is 0.0263. The summed E-state index contributed by atoms with van der Waals surface area (Å²) in [6.45, 7) is 4.44. The molecule has 1 aliphatic heterocycles. The molecule has 0 amide bonds. The zero-order valence-electron chi connectivity index (χ0n) is 11.0. The van der Waals surface area contributed by atoms with E-state index < -0.39 is 16.1 Å². The summed E-state index contributed by atoms with van der Waals surface area (Å²) >= 11 is 3.30. The lowest BCUT2D eigenvalue weighted by Crippen LogP contribution is -2.30. The Kier molecular flexibility index (Phi) is 4.35. The molecule has 1 aromatic rings. The molecule has 1 N–H and O–H groups in total. The Morgan fingerprint density at radius 1 is 1.47 bits per heavy atom. The maximum absolute atomic E-state index is 12.6. The van der Waals surface area contributed by atoms with Crippen molar-refractivity contribution in [1.82, 2.24) is 4.31 Å². The minimum atomic E-state index is -3.48. The predicted molar refractivity (Wildman–Crippen MR) is 77.4 cm³/mol. The number of sulfonamides is 1. The zero-order valence-corrected chi connectivity index (χ0v) is 13.4. The predicted octanol–water partition coefficient (Wildman–Crippen LogP) is 2.15. The molecule has 2 rings (SSSR count). The summed E-state index contributed by atoms with van der Waals surface area (Å²) in [5, 5.41) is 9.57. The van der Waals surface area contributed by atoms with Gasteiger partial charge in [-0.2, -0.15) is 4.31 Å². The summed E-state index contributed by atoms with van der Waals surface area (Å²) in [7, 11) is -3.48. The Morgan fingerprint density at radius 3 is 2.74 bits per heavy atom. The zero-order chi connectivity index (χ0) is 14.2. The quantitative estimate of drug-likeness (QED) is 0.911. The Morgan fingerprint density at radius 2 is 2.16 bits per heavy atom. The average molecular weight is 348 g/mol. The average Bonchev–Trinajstić information content (AvgIpc) is 2.82. The first kappa shape index (κ1) is 15.0. The van der Waals surface area contributed by atoms with Gasteiger partial charge in [-0.15, -0.1) is 0 Å². The van der Waals surface area contributed by atoms with Gasteiger partial charge in [-0.05, 0) is 59.8 Å². The number of aryl methyl sites for hydroxylation is 1. The van der Waals surface area contributed by atoms with Crippen LogP contribution in [0.2, 0.25) is 0 Å². The molecule has 1 heterocycles. The number of hydrogen-bond acceptors (Lipinski definition) is 3. The highest BCUT2D eigenvalue weighted by atomic mass is 79.9. The summed E-state index contributed by atoms with van der Waals surface area (Å²) in [5.41, 5.74) is 0.910. The molecular weight excluding hydrogens is 330 g/mol. The third-order valence-electron chi connectivity index (χ3n) is 3.57. The number of hydrogen-bond donors (Lipinski definition) is 1. The van der Waals surface area contributed by atoms with Crippen LogP contribution in [0.4, 0.5) is 0 Å². The van der Waals surface area contributed by atoms with Gasteiger partial charge in [0, 0.05) is 17.6 Å². The number of halogens is 1. The fourth-order valence-electron chi connectivity index (χ4n) is 2.31. The van der Waals surface area contributed by atoms with Gasteiger partial charge in [-0.25, -0.2) is 8.42 Å². The Balaban J connectivity index is 2.31. The van der Waals surface area contributed by atoms with E-state index in [0.717, 1.165) is 5.56 Å². The minimum absolute atomic E-state index is 0.0263. The van der Waals surface area contributed by atoms with E-state index in [9.17, 15) is 13.5 Å². The van der Waals surface area contributed by atoms with Gasteiger partial charge in [-0.3, -0.25) is 0 Å². The van der Waals surface area contributed by atoms with Crippen LogP contribution in [-0.4, -0.2) is 37.0 Å². The van der Waals surface area contributed by atoms with Gasteiger partial charge in [0.05, 0.1) is 11.0 Å². The SMILES string of the molecule is Cc1ccc(Br)c(S(=O)(=O)N2CCC(C(C)O)C2)c1. The molecule has 6 heteroatoms. The van der Waals surface area contributed by atoms with Crippen LogP contribution in [0.25, 0.3) is 0 Å². The van der Waals surface area contributed by atoms with Gasteiger partial charge in [0.2, 0.25) is 10.0 Å². The van der Waals surface area contributed by atoms with Crippen LogP contribution in [0.1, 0.15) is 18.9 Å². The van der Waals surface area contributed by atoms with Gasteiger partial charge in [0.25, 0.3) is 0 Å². The molecule has 0 radical (unpaired) electrons. The fraction of sp³-hybridized carbons (Fsp3) is 0.538. The van der Waals surface area contributed by atoms with Crippen molar-refractivity contribution < 1.29 is 13.5 Å².